The van der Waals surface area contributed by atoms with Gasteiger partial charge in [0.1, 0.15) is 0 Å². The van der Waals surface area contributed by atoms with E-state index in [-0.39, 0.29) is 111 Å². The third-order valence-electron chi connectivity index (χ3n) is 3.95. The molecule has 0 aromatic carbocycles. The van der Waals surface area contributed by atoms with Crippen LogP contribution in [0.4, 0.5) is 0 Å². The van der Waals surface area contributed by atoms with Gasteiger partial charge in [-0.05, 0) is 0 Å². The molecule has 0 radical (unpaired) electrons. The van der Waals surface area contributed by atoms with Gasteiger partial charge in [-0.2, -0.15) is 0 Å². The van der Waals surface area contributed by atoms with Crippen molar-refractivity contribution >= 4 is 17.1 Å². The normalized spacial score (nSPS) is 12.0. The van der Waals surface area contributed by atoms with Gasteiger partial charge in [0.2, 0.25) is 0 Å². The maximum Gasteiger partial charge on any atom is 4.00 e. The summed E-state index contributed by atoms with van der Waals surface area (Å²) < 4.78 is 0. The number of rotatable bonds is 0. The fourth-order valence-corrected chi connectivity index (χ4v) is 6.75. The Bertz CT molecular complexity index is 309. The molecule has 168 valence electrons. The van der Waals surface area contributed by atoms with Crippen molar-refractivity contribution in [2.45, 2.75) is 103 Å². The standard InChI is InChI=1S/2C8H18O2Si.4BrH.2Ti/c2*1-7(2,3)11(9,10)8(4,5)6;;;;;;/h2*1-6H3;4*1H;;/q2*-2;;;;;2*+4/p-4. The summed E-state index contributed by atoms with van der Waals surface area (Å²) in [7, 11) is -7.21. The molecule has 0 saturated heterocycles. The van der Waals surface area contributed by atoms with Crippen LogP contribution in [-0.4, -0.2) is 17.1 Å². The van der Waals surface area contributed by atoms with Gasteiger partial charge in [0.25, 0.3) is 0 Å². The van der Waals surface area contributed by atoms with Gasteiger partial charge < -0.3 is 87.1 Å². The summed E-state index contributed by atoms with van der Waals surface area (Å²) in [4.78, 5) is 46.9. The number of halogens is 4. The van der Waals surface area contributed by atoms with Crippen molar-refractivity contribution in [1.82, 2.24) is 0 Å². The van der Waals surface area contributed by atoms with Gasteiger partial charge in [0.15, 0.2) is 0 Å². The molecule has 0 unspecified atom stereocenters. The van der Waals surface area contributed by atoms with E-state index in [0.29, 0.717) is 0 Å². The Morgan fingerprint density at radius 1 is 0.357 bits per heavy atom. The second-order valence-corrected chi connectivity index (χ2v) is 18.7. The predicted molar refractivity (Wildman–Crippen MR) is 90.4 cm³/mol. The van der Waals surface area contributed by atoms with Gasteiger partial charge in [0.05, 0.1) is 0 Å². The molecule has 0 N–H and O–H groups in total. The molecule has 4 nitrogen and oxygen atoms in total. The van der Waals surface area contributed by atoms with Crippen molar-refractivity contribution in [3.63, 3.8) is 0 Å². The first kappa shape index (κ1) is 53.1. The fourth-order valence-electron chi connectivity index (χ4n) is 2.25. The van der Waals surface area contributed by atoms with Crippen LogP contribution in [0.15, 0.2) is 0 Å². The zero-order chi connectivity index (χ0) is 19.0. The van der Waals surface area contributed by atoms with Crippen LogP contribution in [0.25, 0.3) is 0 Å². The van der Waals surface area contributed by atoms with Crippen molar-refractivity contribution in [2.24, 2.45) is 0 Å². The summed E-state index contributed by atoms with van der Waals surface area (Å²) in [6.07, 6.45) is 0. The minimum Gasteiger partial charge on any atom is -1.00 e. The topological polar surface area (TPSA) is 92.2 Å². The molecule has 0 fully saturated rings. The van der Waals surface area contributed by atoms with E-state index in [9.17, 15) is 19.2 Å². The number of hydrogen-bond acceptors (Lipinski definition) is 4. The molecule has 0 spiro atoms. The smallest absolute Gasteiger partial charge is 1.00 e. The summed E-state index contributed by atoms with van der Waals surface area (Å²) in [6.45, 7) is 21.1. The first-order valence-corrected chi connectivity index (χ1v) is 11.4. The molecule has 0 atom stereocenters. The maximum atomic E-state index is 11.7. The van der Waals surface area contributed by atoms with Crippen LogP contribution in [0, 0.1) is 0 Å². The molecule has 0 saturated carbocycles. The number of hydrogen-bond donors (Lipinski definition) is 0. The van der Waals surface area contributed by atoms with E-state index in [1.54, 1.807) is 83.1 Å². The van der Waals surface area contributed by atoms with Crippen LogP contribution in [0.1, 0.15) is 83.1 Å². The summed E-state index contributed by atoms with van der Waals surface area (Å²) in [5, 5.41) is -2.37. The second-order valence-electron chi connectivity index (χ2n) is 10.2. The Balaban J connectivity index is -0.0000000392. The molecule has 0 aromatic heterocycles. The Labute approximate surface area is 248 Å². The molecule has 12 heteroatoms. The third-order valence-corrected chi connectivity index (χ3v) is 11.8. The molecular weight excluding hydrogens is 728 g/mol. The summed E-state index contributed by atoms with van der Waals surface area (Å²) in [6, 6.07) is 0. The zero-order valence-corrected chi connectivity index (χ0v) is 30.6. The Hall–Kier alpha value is 3.62. The minimum atomic E-state index is -3.61. The predicted octanol–water partition coefficient (Wildman–Crippen LogP) is -10.5. The van der Waals surface area contributed by atoms with Crippen molar-refractivity contribution in [1.29, 1.82) is 0 Å². The van der Waals surface area contributed by atoms with Crippen LogP contribution >= 0.6 is 0 Å². The first-order valence-electron chi connectivity index (χ1n) is 7.82. The van der Waals surface area contributed by atoms with Gasteiger partial charge in [-0.3, -0.25) is 0 Å². The SMILES string of the molecule is CC(C)(C)[Si]([O-])([O-])C(C)(C)C.CC(C)(C)[Si]([O-])([O-])C(C)(C)C.[Br-].[Br-].[Br-].[Br-].[Ti+4].[Ti+4]. The van der Waals surface area contributed by atoms with E-state index < -0.39 is 37.3 Å². The zero-order valence-electron chi connectivity index (χ0n) is 19.1. The molecule has 0 heterocycles. The first-order chi connectivity index (χ1) is 9.00. The van der Waals surface area contributed by atoms with E-state index in [0.717, 1.165) is 0 Å². The molecule has 0 aromatic rings. The molecule has 0 aliphatic heterocycles. The van der Waals surface area contributed by atoms with Gasteiger partial charge in [-0.15, -0.1) is 17.1 Å². The van der Waals surface area contributed by atoms with Crippen LogP contribution in [-0.2, 0) is 43.4 Å². The average Bonchev–Trinajstić information content (AvgIpc) is 2.10. The second kappa shape index (κ2) is 17.1. The molecule has 0 aliphatic rings. The van der Waals surface area contributed by atoms with Crippen LogP contribution in [0.3, 0.4) is 0 Å². The molecular formula is C16H36Br4O4Si2Ti2. The van der Waals surface area contributed by atoms with E-state index >= 15 is 0 Å². The quantitative estimate of drug-likeness (QED) is 0.230. The summed E-state index contributed by atoms with van der Waals surface area (Å²) in [5.74, 6) is 0. The molecule has 0 bridgehead atoms. The van der Waals surface area contributed by atoms with Gasteiger partial charge in [-0.1, -0.05) is 103 Å². The van der Waals surface area contributed by atoms with Crippen LogP contribution < -0.4 is 87.1 Å². The largest absolute Gasteiger partial charge is 4.00 e. The van der Waals surface area contributed by atoms with E-state index in [1.807, 2.05) is 0 Å². The maximum absolute atomic E-state index is 11.7. The van der Waals surface area contributed by atoms with Crippen molar-refractivity contribution in [3.8, 4) is 0 Å². The van der Waals surface area contributed by atoms with Crippen LogP contribution in [0.2, 0.25) is 20.2 Å². The molecule has 0 aliphatic carbocycles. The van der Waals surface area contributed by atoms with Crippen molar-refractivity contribution in [2.75, 3.05) is 0 Å². The fraction of sp³-hybridized carbons (Fsp3) is 1.00. The summed E-state index contributed by atoms with van der Waals surface area (Å²) in [5.41, 5.74) is 0. The monoisotopic (exact) mass is 760 g/mol. The molecule has 0 amide bonds. The van der Waals surface area contributed by atoms with Gasteiger partial charge in [0, 0.05) is 0 Å². The van der Waals surface area contributed by atoms with Crippen molar-refractivity contribution in [3.05, 3.63) is 0 Å². The minimum absolute atomic E-state index is 0. The average molecular weight is 764 g/mol. The molecule has 28 heavy (non-hydrogen) atoms. The Morgan fingerprint density at radius 2 is 0.429 bits per heavy atom. The van der Waals surface area contributed by atoms with Gasteiger partial charge in [-0.25, -0.2) is 0 Å². The Morgan fingerprint density at radius 3 is 0.429 bits per heavy atom. The third kappa shape index (κ3) is 15.5. The van der Waals surface area contributed by atoms with E-state index in [2.05, 4.69) is 0 Å². The molecule has 0 rings (SSSR count). The van der Waals surface area contributed by atoms with E-state index in [4.69, 9.17) is 0 Å². The summed E-state index contributed by atoms with van der Waals surface area (Å²) >= 11 is 0. The van der Waals surface area contributed by atoms with Crippen LogP contribution in [0.5, 0.6) is 0 Å². The van der Waals surface area contributed by atoms with Gasteiger partial charge >= 0.3 is 43.4 Å². The van der Waals surface area contributed by atoms with Crippen molar-refractivity contribution < 1.29 is 131 Å². The Kier molecular flexibility index (Phi) is 32.5. The van der Waals surface area contributed by atoms with E-state index in [1.165, 1.54) is 0 Å².